The van der Waals surface area contributed by atoms with E-state index in [2.05, 4.69) is 73.8 Å². The first kappa shape index (κ1) is 18.7. The average molecular weight is 367 g/mol. The number of aromatic amines is 1. The van der Waals surface area contributed by atoms with Crippen LogP contribution in [0.4, 0.5) is 0 Å². The minimum Gasteiger partial charge on any atom is -0.399 e. The Bertz CT molecular complexity index is 784. The predicted molar refractivity (Wildman–Crippen MR) is 109 cm³/mol. The first-order chi connectivity index (χ1) is 12.8. The SMILES string of the molecule is CCN1CCCC1c1ncc(-c2ccc(B3OC(C)(C)C(C)(C)O3)cc2)[nH]1. The van der Waals surface area contributed by atoms with E-state index in [1.54, 1.807) is 0 Å². The molecule has 6 heteroatoms. The van der Waals surface area contributed by atoms with E-state index in [1.165, 1.54) is 19.4 Å². The van der Waals surface area contributed by atoms with Crippen LogP contribution in [0.3, 0.4) is 0 Å². The molecule has 5 nitrogen and oxygen atoms in total. The van der Waals surface area contributed by atoms with E-state index >= 15 is 0 Å². The number of rotatable bonds is 4. The van der Waals surface area contributed by atoms with Gasteiger partial charge >= 0.3 is 7.12 Å². The summed E-state index contributed by atoms with van der Waals surface area (Å²) in [4.78, 5) is 10.7. The summed E-state index contributed by atoms with van der Waals surface area (Å²) in [7, 11) is -0.321. The molecule has 0 spiro atoms. The number of nitrogens with one attached hydrogen (secondary N) is 1. The normalized spacial score (nSPS) is 24.6. The second kappa shape index (κ2) is 6.76. The number of H-pyrrole nitrogens is 1. The zero-order valence-corrected chi connectivity index (χ0v) is 17.1. The molecule has 2 aromatic rings. The van der Waals surface area contributed by atoms with Crippen molar-refractivity contribution in [1.29, 1.82) is 0 Å². The Morgan fingerprint density at radius 2 is 1.81 bits per heavy atom. The smallest absolute Gasteiger partial charge is 0.399 e. The zero-order valence-electron chi connectivity index (χ0n) is 17.1. The molecule has 0 saturated carbocycles. The molecule has 144 valence electrons. The van der Waals surface area contributed by atoms with E-state index < -0.39 is 0 Å². The second-order valence-electron chi connectivity index (χ2n) is 8.68. The van der Waals surface area contributed by atoms with E-state index in [0.717, 1.165) is 29.1 Å². The number of imidazole rings is 1. The minimum atomic E-state index is -0.321. The van der Waals surface area contributed by atoms with Crippen LogP contribution in [0.2, 0.25) is 0 Å². The van der Waals surface area contributed by atoms with E-state index in [4.69, 9.17) is 9.31 Å². The van der Waals surface area contributed by atoms with Gasteiger partial charge in [0.05, 0.1) is 29.1 Å². The summed E-state index contributed by atoms with van der Waals surface area (Å²) in [6, 6.07) is 8.83. The van der Waals surface area contributed by atoms with Crippen molar-refractivity contribution in [3.8, 4) is 11.3 Å². The zero-order chi connectivity index (χ0) is 19.2. The van der Waals surface area contributed by atoms with Crippen LogP contribution in [0.25, 0.3) is 11.3 Å². The van der Waals surface area contributed by atoms with Crippen LogP contribution < -0.4 is 5.46 Å². The number of hydrogen-bond acceptors (Lipinski definition) is 4. The topological polar surface area (TPSA) is 50.4 Å². The molecule has 0 bridgehead atoms. The molecule has 4 rings (SSSR count). The van der Waals surface area contributed by atoms with Gasteiger partial charge in [0.15, 0.2) is 0 Å². The van der Waals surface area contributed by atoms with Gasteiger partial charge < -0.3 is 14.3 Å². The molecule has 3 heterocycles. The Hall–Kier alpha value is -1.63. The quantitative estimate of drug-likeness (QED) is 0.840. The average Bonchev–Trinajstić information content (AvgIpc) is 3.33. The first-order valence-electron chi connectivity index (χ1n) is 10.1. The molecule has 1 atom stereocenters. The highest BCUT2D eigenvalue weighted by atomic mass is 16.7. The Labute approximate surface area is 162 Å². The van der Waals surface area contributed by atoms with E-state index in [1.807, 2.05) is 6.20 Å². The van der Waals surface area contributed by atoms with Crippen molar-refractivity contribution < 1.29 is 9.31 Å². The van der Waals surface area contributed by atoms with E-state index in [-0.39, 0.29) is 18.3 Å². The Morgan fingerprint density at radius 1 is 1.15 bits per heavy atom. The van der Waals surface area contributed by atoms with Gasteiger partial charge in [-0.3, -0.25) is 4.90 Å². The maximum Gasteiger partial charge on any atom is 0.494 e. The Balaban J connectivity index is 1.50. The molecule has 0 amide bonds. The van der Waals surface area contributed by atoms with E-state index in [9.17, 15) is 0 Å². The number of nitrogens with zero attached hydrogens (tertiary/aromatic N) is 2. The molecule has 2 saturated heterocycles. The summed E-state index contributed by atoms with van der Waals surface area (Å²) < 4.78 is 12.3. The van der Waals surface area contributed by atoms with Gasteiger partial charge in [0.25, 0.3) is 0 Å². The Morgan fingerprint density at radius 3 is 2.44 bits per heavy atom. The summed E-state index contributed by atoms with van der Waals surface area (Å²) in [5, 5.41) is 0. The van der Waals surface area contributed by atoms with Crippen LogP contribution in [-0.2, 0) is 9.31 Å². The fraction of sp³-hybridized carbons (Fsp3) is 0.571. The highest BCUT2D eigenvalue weighted by molar-refractivity contribution is 6.62. The molecular weight excluding hydrogens is 337 g/mol. The van der Waals surface area contributed by atoms with Gasteiger partial charge in [0.1, 0.15) is 5.82 Å². The number of hydrogen-bond donors (Lipinski definition) is 1. The molecule has 2 fully saturated rings. The van der Waals surface area contributed by atoms with Crippen LogP contribution >= 0.6 is 0 Å². The van der Waals surface area contributed by atoms with Gasteiger partial charge in [0, 0.05) is 0 Å². The van der Waals surface area contributed by atoms with Crippen LogP contribution in [0, 0.1) is 0 Å². The molecule has 2 aliphatic heterocycles. The molecule has 27 heavy (non-hydrogen) atoms. The number of likely N-dealkylation sites (tertiary alicyclic amines) is 1. The van der Waals surface area contributed by atoms with Crippen molar-refractivity contribution in [2.45, 2.75) is 64.7 Å². The van der Waals surface area contributed by atoms with Gasteiger partial charge in [-0.05, 0) is 64.7 Å². The highest BCUT2D eigenvalue weighted by Gasteiger charge is 2.51. The van der Waals surface area contributed by atoms with Crippen LogP contribution in [0.15, 0.2) is 30.5 Å². The van der Waals surface area contributed by atoms with Gasteiger partial charge in [-0.2, -0.15) is 0 Å². The molecular formula is C21H30BN3O2. The molecule has 0 radical (unpaired) electrons. The summed E-state index contributed by atoms with van der Waals surface area (Å²) in [6.45, 7) is 12.8. The van der Waals surface area contributed by atoms with Crippen molar-refractivity contribution in [3.63, 3.8) is 0 Å². The minimum absolute atomic E-state index is 0.318. The standard InChI is InChI=1S/C21H30BN3O2/c1-6-25-13-7-8-18(25)19-23-14-17(24-19)15-9-11-16(12-10-15)22-26-20(2,3)21(4,5)27-22/h9-12,14,18H,6-8,13H2,1-5H3,(H,23,24). The van der Waals surface area contributed by atoms with Crippen LogP contribution in [0.5, 0.6) is 0 Å². The van der Waals surface area contributed by atoms with Gasteiger partial charge in [-0.25, -0.2) is 4.98 Å². The molecule has 1 N–H and O–H groups in total. The molecule has 0 aliphatic carbocycles. The third-order valence-corrected chi connectivity index (χ3v) is 6.43. The van der Waals surface area contributed by atoms with Crippen molar-refractivity contribution in [3.05, 3.63) is 36.3 Å². The number of benzene rings is 1. The molecule has 1 aromatic heterocycles. The lowest BCUT2D eigenvalue weighted by Gasteiger charge is -2.32. The highest BCUT2D eigenvalue weighted by Crippen LogP contribution is 2.36. The summed E-state index contributed by atoms with van der Waals surface area (Å²) >= 11 is 0. The van der Waals surface area contributed by atoms with Crippen molar-refractivity contribution in [2.24, 2.45) is 0 Å². The predicted octanol–water partition coefficient (Wildman–Crippen LogP) is 3.53. The lowest BCUT2D eigenvalue weighted by Crippen LogP contribution is -2.41. The first-order valence-corrected chi connectivity index (χ1v) is 10.1. The van der Waals surface area contributed by atoms with Crippen molar-refractivity contribution in [2.75, 3.05) is 13.1 Å². The number of aromatic nitrogens is 2. The fourth-order valence-corrected chi connectivity index (χ4v) is 3.97. The lowest BCUT2D eigenvalue weighted by molar-refractivity contribution is 0.00578. The van der Waals surface area contributed by atoms with Crippen molar-refractivity contribution >= 4 is 12.6 Å². The Kier molecular flexibility index (Phi) is 4.69. The molecule has 1 aromatic carbocycles. The van der Waals surface area contributed by atoms with Gasteiger partial charge in [0.2, 0.25) is 0 Å². The largest absolute Gasteiger partial charge is 0.494 e. The lowest BCUT2D eigenvalue weighted by atomic mass is 9.79. The fourth-order valence-electron chi connectivity index (χ4n) is 3.97. The molecule has 1 unspecified atom stereocenters. The van der Waals surface area contributed by atoms with Crippen LogP contribution in [-0.4, -0.2) is 46.3 Å². The van der Waals surface area contributed by atoms with E-state index in [0.29, 0.717) is 6.04 Å². The van der Waals surface area contributed by atoms with Crippen LogP contribution in [0.1, 0.15) is 59.3 Å². The maximum absolute atomic E-state index is 6.14. The summed E-state index contributed by atoms with van der Waals surface area (Å²) in [5.41, 5.74) is 2.61. The molecule has 2 aliphatic rings. The monoisotopic (exact) mass is 367 g/mol. The van der Waals surface area contributed by atoms with Gasteiger partial charge in [-0.1, -0.05) is 31.2 Å². The second-order valence-corrected chi connectivity index (χ2v) is 8.68. The summed E-state index contributed by atoms with van der Waals surface area (Å²) in [5.74, 6) is 1.08. The maximum atomic E-state index is 6.14. The van der Waals surface area contributed by atoms with Crippen molar-refractivity contribution in [1.82, 2.24) is 14.9 Å². The summed E-state index contributed by atoms with van der Waals surface area (Å²) in [6.07, 6.45) is 4.38. The third-order valence-electron chi connectivity index (χ3n) is 6.43. The van der Waals surface area contributed by atoms with Gasteiger partial charge in [-0.15, -0.1) is 0 Å². The third kappa shape index (κ3) is 3.35.